The Kier molecular flexibility index (Phi) is 10.4. The molecule has 0 heterocycles. The molecule has 0 saturated carbocycles. The maximum atomic E-state index is 10.9. The fourth-order valence-corrected chi connectivity index (χ4v) is 1.25. The molecule has 5 heteroatoms. The van der Waals surface area contributed by atoms with Crippen LogP contribution in [-0.4, -0.2) is 48.7 Å². The van der Waals surface area contributed by atoms with Gasteiger partial charge in [0, 0.05) is 13.2 Å². The lowest BCUT2D eigenvalue weighted by atomic mass is 10.1. The van der Waals surface area contributed by atoms with Crippen molar-refractivity contribution < 1.29 is 24.5 Å². The Morgan fingerprint density at radius 2 is 2.00 bits per heavy atom. The molecular formula is C11H22O5. The highest BCUT2D eigenvalue weighted by Gasteiger charge is 2.04. The van der Waals surface area contributed by atoms with Gasteiger partial charge in [0.15, 0.2) is 0 Å². The summed E-state index contributed by atoms with van der Waals surface area (Å²) in [5.74, 6) is -0.358. The van der Waals surface area contributed by atoms with E-state index in [1.807, 2.05) is 0 Å². The first-order chi connectivity index (χ1) is 7.70. The van der Waals surface area contributed by atoms with E-state index in [1.165, 1.54) is 0 Å². The van der Waals surface area contributed by atoms with Gasteiger partial charge in [-0.2, -0.15) is 0 Å². The highest BCUT2D eigenvalue weighted by atomic mass is 16.6. The third-order valence-electron chi connectivity index (χ3n) is 2.05. The lowest BCUT2D eigenvalue weighted by molar-refractivity contribution is -0.148. The smallest absolute Gasteiger partial charge is 0.332 e. The van der Waals surface area contributed by atoms with E-state index in [4.69, 9.17) is 9.84 Å². The number of ether oxygens (including phenoxy) is 2. The van der Waals surface area contributed by atoms with Crippen molar-refractivity contribution >= 4 is 5.97 Å². The van der Waals surface area contributed by atoms with Crippen LogP contribution >= 0.6 is 0 Å². The average Bonchev–Trinajstić information content (AvgIpc) is 2.26. The van der Waals surface area contributed by atoms with Gasteiger partial charge in [-0.1, -0.05) is 0 Å². The second-order valence-corrected chi connectivity index (χ2v) is 3.52. The highest BCUT2D eigenvalue weighted by molar-refractivity contribution is 5.70. The minimum Gasteiger partial charge on any atom is -0.464 e. The second-order valence-electron chi connectivity index (χ2n) is 3.52. The molecule has 0 aliphatic rings. The minimum atomic E-state index is -0.390. The Labute approximate surface area is 96.4 Å². The zero-order valence-electron chi connectivity index (χ0n) is 9.85. The molecule has 5 nitrogen and oxygen atoms in total. The lowest BCUT2D eigenvalue weighted by Gasteiger charge is -2.09. The van der Waals surface area contributed by atoms with Crippen molar-refractivity contribution in [1.29, 1.82) is 0 Å². The molecule has 0 aliphatic heterocycles. The van der Waals surface area contributed by atoms with E-state index >= 15 is 0 Å². The number of hydrogen-bond donors (Lipinski definition) is 2. The van der Waals surface area contributed by atoms with E-state index in [0.29, 0.717) is 38.9 Å². The number of carbonyl (C=O) groups excluding carboxylic acids is 1. The number of hydrogen-bond acceptors (Lipinski definition) is 5. The van der Waals surface area contributed by atoms with Crippen LogP contribution in [0.2, 0.25) is 0 Å². The maximum absolute atomic E-state index is 10.9. The topological polar surface area (TPSA) is 76.0 Å². The highest BCUT2D eigenvalue weighted by Crippen LogP contribution is 2.04. The summed E-state index contributed by atoms with van der Waals surface area (Å²) < 4.78 is 9.75. The molecule has 0 aliphatic carbocycles. The van der Waals surface area contributed by atoms with Crippen molar-refractivity contribution in [3.8, 4) is 0 Å². The lowest BCUT2D eigenvalue weighted by Crippen LogP contribution is -2.14. The maximum Gasteiger partial charge on any atom is 0.332 e. The van der Waals surface area contributed by atoms with Crippen LogP contribution in [0, 0.1) is 0 Å². The predicted octanol–water partition coefficient (Wildman–Crippen LogP) is 0.480. The summed E-state index contributed by atoms with van der Waals surface area (Å²) >= 11 is 0. The molecule has 0 aromatic carbocycles. The Morgan fingerprint density at radius 1 is 1.31 bits per heavy atom. The summed E-state index contributed by atoms with van der Waals surface area (Å²) in [6.07, 6.45) is 2.16. The molecule has 0 saturated heterocycles. The predicted molar refractivity (Wildman–Crippen MR) is 59.0 cm³/mol. The Hall–Kier alpha value is -0.650. The van der Waals surface area contributed by atoms with Crippen LogP contribution in [0.3, 0.4) is 0 Å². The van der Waals surface area contributed by atoms with E-state index in [0.717, 1.165) is 0 Å². The van der Waals surface area contributed by atoms with Gasteiger partial charge in [-0.15, -0.1) is 0 Å². The van der Waals surface area contributed by atoms with Gasteiger partial charge in [0.25, 0.3) is 0 Å². The molecule has 0 fully saturated rings. The third kappa shape index (κ3) is 9.89. The third-order valence-corrected chi connectivity index (χ3v) is 2.05. The van der Waals surface area contributed by atoms with E-state index in [2.05, 4.69) is 4.74 Å². The molecule has 1 unspecified atom stereocenters. The van der Waals surface area contributed by atoms with Gasteiger partial charge in [-0.05, 0) is 32.6 Å². The molecule has 0 amide bonds. The average molecular weight is 234 g/mol. The van der Waals surface area contributed by atoms with E-state index in [-0.39, 0.29) is 19.2 Å². The molecule has 0 radical (unpaired) electrons. The van der Waals surface area contributed by atoms with Gasteiger partial charge >= 0.3 is 5.97 Å². The Bertz CT molecular complexity index is 172. The van der Waals surface area contributed by atoms with Crippen LogP contribution in [-0.2, 0) is 14.3 Å². The first kappa shape index (κ1) is 15.3. The van der Waals surface area contributed by atoms with Crippen LogP contribution in [0.25, 0.3) is 0 Å². The number of esters is 1. The first-order valence-electron chi connectivity index (χ1n) is 5.73. The van der Waals surface area contributed by atoms with Gasteiger partial charge in [-0.25, -0.2) is 4.79 Å². The zero-order valence-corrected chi connectivity index (χ0v) is 9.85. The summed E-state index contributed by atoms with van der Waals surface area (Å²) in [6, 6.07) is 0. The fourth-order valence-electron chi connectivity index (χ4n) is 1.25. The number of aliphatic hydroxyl groups is 2. The quantitative estimate of drug-likeness (QED) is 0.425. The van der Waals surface area contributed by atoms with Gasteiger partial charge in [-0.3, -0.25) is 0 Å². The monoisotopic (exact) mass is 234 g/mol. The SMILES string of the molecule is CCOC(=O)COCCCC(O)CCCO. The summed E-state index contributed by atoms with van der Waals surface area (Å²) in [4.78, 5) is 10.9. The molecular weight excluding hydrogens is 212 g/mol. The van der Waals surface area contributed by atoms with Gasteiger partial charge in [0.05, 0.1) is 12.7 Å². The molecule has 0 aromatic heterocycles. The van der Waals surface area contributed by atoms with Crippen molar-refractivity contribution in [1.82, 2.24) is 0 Å². The Morgan fingerprint density at radius 3 is 2.62 bits per heavy atom. The largest absolute Gasteiger partial charge is 0.464 e. The van der Waals surface area contributed by atoms with Crippen LogP contribution in [0.4, 0.5) is 0 Å². The zero-order chi connectivity index (χ0) is 12.2. The molecule has 96 valence electrons. The molecule has 0 spiro atoms. The molecule has 0 aromatic rings. The van der Waals surface area contributed by atoms with Crippen molar-refractivity contribution in [3.63, 3.8) is 0 Å². The molecule has 0 rings (SSSR count). The van der Waals surface area contributed by atoms with Crippen LogP contribution in [0.5, 0.6) is 0 Å². The number of rotatable bonds is 10. The normalized spacial score (nSPS) is 12.4. The fraction of sp³-hybridized carbons (Fsp3) is 0.909. The van der Waals surface area contributed by atoms with Crippen molar-refractivity contribution in [2.45, 2.75) is 38.7 Å². The van der Waals surface area contributed by atoms with Crippen molar-refractivity contribution in [3.05, 3.63) is 0 Å². The molecule has 0 bridgehead atoms. The summed E-state index contributed by atoms with van der Waals surface area (Å²) in [7, 11) is 0. The van der Waals surface area contributed by atoms with Crippen LogP contribution in [0.15, 0.2) is 0 Å². The van der Waals surface area contributed by atoms with E-state index in [1.54, 1.807) is 6.92 Å². The number of aliphatic hydroxyl groups excluding tert-OH is 2. The minimum absolute atomic E-state index is 0.0272. The van der Waals surface area contributed by atoms with Gasteiger partial charge < -0.3 is 19.7 Å². The van der Waals surface area contributed by atoms with Gasteiger partial charge in [0.2, 0.25) is 0 Å². The van der Waals surface area contributed by atoms with E-state index in [9.17, 15) is 9.90 Å². The second kappa shape index (κ2) is 10.9. The summed E-state index contributed by atoms with van der Waals surface area (Å²) in [5.41, 5.74) is 0. The molecule has 1 atom stereocenters. The van der Waals surface area contributed by atoms with Crippen molar-refractivity contribution in [2.75, 3.05) is 26.4 Å². The molecule has 2 N–H and O–H groups in total. The van der Waals surface area contributed by atoms with Gasteiger partial charge in [0.1, 0.15) is 6.61 Å². The summed E-state index contributed by atoms with van der Waals surface area (Å²) in [5, 5.41) is 18.0. The van der Waals surface area contributed by atoms with Crippen LogP contribution in [0.1, 0.15) is 32.6 Å². The Balaban J connectivity index is 3.23. The molecule has 16 heavy (non-hydrogen) atoms. The van der Waals surface area contributed by atoms with Crippen LogP contribution < -0.4 is 0 Å². The number of carbonyl (C=O) groups is 1. The summed E-state index contributed by atoms with van der Waals surface area (Å²) in [6.45, 7) is 2.63. The first-order valence-corrected chi connectivity index (χ1v) is 5.73. The van der Waals surface area contributed by atoms with Crippen molar-refractivity contribution in [2.24, 2.45) is 0 Å². The van der Waals surface area contributed by atoms with E-state index < -0.39 is 6.10 Å². The standard InChI is InChI=1S/C11H22O5/c1-2-16-11(14)9-15-8-4-6-10(13)5-3-7-12/h10,12-13H,2-9H2,1H3.